The van der Waals surface area contributed by atoms with Gasteiger partial charge in [0.15, 0.2) is 0 Å². The van der Waals surface area contributed by atoms with E-state index in [1.807, 2.05) is 11.8 Å². The van der Waals surface area contributed by atoms with Crippen molar-refractivity contribution in [3.8, 4) is 0 Å². The predicted molar refractivity (Wildman–Crippen MR) is 83.7 cm³/mol. The summed E-state index contributed by atoms with van der Waals surface area (Å²) >= 11 is 3.57. The highest BCUT2D eigenvalue weighted by Crippen LogP contribution is 2.67. The van der Waals surface area contributed by atoms with Gasteiger partial charge in [-0.2, -0.15) is 0 Å². The molecule has 4 atom stereocenters. The number of nitrogens with one attached hydrogen (secondary N) is 1. The molecule has 1 N–H and O–H groups in total. The fourth-order valence-electron chi connectivity index (χ4n) is 5.93. The fourth-order valence-corrected chi connectivity index (χ4v) is 9.09. The summed E-state index contributed by atoms with van der Waals surface area (Å²) in [6.07, 6.45) is 11.2. The quantitative estimate of drug-likeness (QED) is 0.780. The van der Waals surface area contributed by atoms with E-state index in [1.54, 1.807) is 0 Å². The Morgan fingerprint density at radius 2 is 1.90 bits per heavy atom. The Morgan fingerprint density at radius 1 is 1.10 bits per heavy atom. The fraction of sp³-hybridized carbons (Fsp3) is 0.812. The van der Waals surface area contributed by atoms with Crippen LogP contribution in [0.2, 0.25) is 0 Å². The molecule has 2 nitrogen and oxygen atoms in total. The first kappa shape index (κ1) is 12.3. The van der Waals surface area contributed by atoms with Crippen LogP contribution in [0, 0.1) is 17.8 Å². The molecule has 0 saturated heterocycles. The molecule has 3 aliphatic carbocycles. The van der Waals surface area contributed by atoms with Gasteiger partial charge in [0.2, 0.25) is 0 Å². The van der Waals surface area contributed by atoms with Gasteiger partial charge in [0, 0.05) is 15.5 Å². The topological polar surface area (TPSA) is 32.9 Å². The van der Waals surface area contributed by atoms with Gasteiger partial charge in [-0.15, -0.1) is 11.8 Å². The molecule has 20 heavy (non-hydrogen) atoms. The number of H-pyrrole nitrogens is 1. The minimum Gasteiger partial charge on any atom is -0.307 e. The summed E-state index contributed by atoms with van der Waals surface area (Å²) in [5.41, 5.74) is 0.382. The Labute approximate surface area is 127 Å². The second kappa shape index (κ2) is 4.16. The monoisotopic (exact) mass is 307 g/mol. The van der Waals surface area contributed by atoms with E-state index in [-0.39, 0.29) is 4.87 Å². The molecule has 3 saturated carbocycles. The third-order valence-corrected chi connectivity index (χ3v) is 9.27. The Hall–Kier alpha value is -0.220. The summed E-state index contributed by atoms with van der Waals surface area (Å²) in [7, 11) is 0. The van der Waals surface area contributed by atoms with Crippen molar-refractivity contribution < 1.29 is 0 Å². The van der Waals surface area contributed by atoms with E-state index in [0.717, 1.165) is 23.0 Å². The molecule has 2 bridgehead atoms. The number of fused-ring (bicyclic) bond motifs is 8. The van der Waals surface area contributed by atoms with Crippen LogP contribution in [0.25, 0.3) is 0 Å². The number of thioether (sulfide) groups is 1. The molecule has 1 aromatic rings. The van der Waals surface area contributed by atoms with Gasteiger partial charge in [0.1, 0.15) is 0 Å². The first-order valence-electron chi connectivity index (χ1n) is 8.18. The minimum atomic E-state index is 0.180. The second-order valence-corrected chi connectivity index (χ2v) is 9.50. The van der Waals surface area contributed by atoms with Crippen molar-refractivity contribution in [3.05, 3.63) is 14.5 Å². The van der Waals surface area contributed by atoms with E-state index >= 15 is 0 Å². The Balaban J connectivity index is 1.70. The maximum absolute atomic E-state index is 11.9. The van der Waals surface area contributed by atoms with Crippen molar-refractivity contribution in [3.63, 3.8) is 0 Å². The summed E-state index contributed by atoms with van der Waals surface area (Å²) in [6, 6.07) is 0. The molecular formula is C16H21NOS2. The summed E-state index contributed by atoms with van der Waals surface area (Å²) < 4.78 is 0. The molecule has 5 rings (SSSR count). The number of hydrogen-bond donors (Lipinski definition) is 1. The Kier molecular flexibility index (Phi) is 2.57. The third-order valence-electron chi connectivity index (χ3n) is 6.55. The lowest BCUT2D eigenvalue weighted by atomic mass is 9.60. The molecule has 0 radical (unpaired) electrons. The minimum absolute atomic E-state index is 0.180. The van der Waals surface area contributed by atoms with Crippen LogP contribution in [-0.4, -0.2) is 10.2 Å². The SMILES string of the molecule is O=c1[nH]c2c(s1)C1(CCCCC1)[C@H]1[C@H]3CC[C@@H](C3)[C@H]1S2. The number of thiazole rings is 1. The molecule has 0 aromatic carbocycles. The molecule has 4 aliphatic rings. The molecule has 1 spiro atoms. The van der Waals surface area contributed by atoms with E-state index in [4.69, 9.17) is 0 Å². The molecule has 1 aromatic heterocycles. The zero-order valence-electron chi connectivity index (χ0n) is 11.7. The lowest BCUT2D eigenvalue weighted by Crippen LogP contribution is -2.47. The van der Waals surface area contributed by atoms with Gasteiger partial charge in [-0.3, -0.25) is 4.79 Å². The van der Waals surface area contributed by atoms with Crippen LogP contribution in [0.15, 0.2) is 9.82 Å². The van der Waals surface area contributed by atoms with E-state index in [1.165, 1.54) is 72.6 Å². The number of rotatable bonds is 0. The Morgan fingerprint density at radius 3 is 2.75 bits per heavy atom. The normalized spacial score (nSPS) is 40.8. The van der Waals surface area contributed by atoms with Crippen molar-refractivity contribution in [2.75, 3.05) is 0 Å². The predicted octanol–water partition coefficient (Wildman–Crippen LogP) is 4.16. The highest BCUT2D eigenvalue weighted by atomic mass is 32.2. The van der Waals surface area contributed by atoms with Crippen LogP contribution in [0.5, 0.6) is 0 Å². The summed E-state index contributed by atoms with van der Waals surface area (Å²) in [6.45, 7) is 0. The highest BCUT2D eigenvalue weighted by Gasteiger charge is 2.60. The van der Waals surface area contributed by atoms with E-state index < -0.39 is 0 Å². The molecule has 1 aliphatic heterocycles. The van der Waals surface area contributed by atoms with Crippen LogP contribution in [0.4, 0.5) is 0 Å². The smallest absolute Gasteiger partial charge is 0.305 e. The standard InChI is InChI=1S/C16H21NOS2/c18-15-17-14-13(20-15)16(6-2-1-3-7-16)11-9-4-5-10(8-9)12(11)19-14/h9-12H,1-8H2,(H,17,18)/t9-,10-,11-,12+/m0/s1. The molecule has 108 valence electrons. The van der Waals surface area contributed by atoms with Crippen molar-refractivity contribution in [2.24, 2.45) is 17.8 Å². The molecule has 0 amide bonds. The van der Waals surface area contributed by atoms with Crippen LogP contribution in [0.3, 0.4) is 0 Å². The number of aromatic nitrogens is 1. The van der Waals surface area contributed by atoms with Gasteiger partial charge >= 0.3 is 4.87 Å². The number of hydrogen-bond acceptors (Lipinski definition) is 3. The molecule has 4 heteroatoms. The first-order chi connectivity index (χ1) is 9.78. The maximum atomic E-state index is 11.9. The van der Waals surface area contributed by atoms with Crippen LogP contribution in [-0.2, 0) is 5.41 Å². The lowest BCUT2D eigenvalue weighted by molar-refractivity contribution is 0.135. The van der Waals surface area contributed by atoms with E-state index in [9.17, 15) is 4.79 Å². The lowest BCUT2D eigenvalue weighted by Gasteiger charge is -2.51. The zero-order chi connectivity index (χ0) is 13.3. The van der Waals surface area contributed by atoms with Gasteiger partial charge in [-0.25, -0.2) is 0 Å². The molecule has 0 unspecified atom stereocenters. The summed E-state index contributed by atoms with van der Waals surface area (Å²) in [5.74, 6) is 2.77. The van der Waals surface area contributed by atoms with E-state index in [2.05, 4.69) is 4.98 Å². The van der Waals surface area contributed by atoms with Crippen LogP contribution >= 0.6 is 23.1 Å². The van der Waals surface area contributed by atoms with Crippen molar-refractivity contribution >= 4 is 23.1 Å². The highest BCUT2D eigenvalue weighted by molar-refractivity contribution is 8.00. The summed E-state index contributed by atoms with van der Waals surface area (Å²) in [4.78, 5) is 16.7. The first-order valence-corrected chi connectivity index (χ1v) is 9.88. The van der Waals surface area contributed by atoms with Gasteiger partial charge in [0.25, 0.3) is 0 Å². The van der Waals surface area contributed by atoms with Crippen molar-refractivity contribution in [1.82, 2.24) is 4.98 Å². The van der Waals surface area contributed by atoms with Crippen LogP contribution < -0.4 is 4.87 Å². The van der Waals surface area contributed by atoms with Gasteiger partial charge in [-0.1, -0.05) is 30.6 Å². The van der Waals surface area contributed by atoms with Crippen molar-refractivity contribution in [2.45, 2.75) is 67.1 Å². The maximum Gasteiger partial charge on any atom is 0.305 e. The van der Waals surface area contributed by atoms with Crippen LogP contribution in [0.1, 0.15) is 56.2 Å². The molecule has 2 heterocycles. The van der Waals surface area contributed by atoms with Crippen molar-refractivity contribution in [1.29, 1.82) is 0 Å². The second-order valence-electron chi connectivity index (χ2n) is 7.33. The largest absolute Gasteiger partial charge is 0.307 e. The zero-order valence-corrected chi connectivity index (χ0v) is 13.3. The third kappa shape index (κ3) is 1.45. The van der Waals surface area contributed by atoms with Gasteiger partial charge < -0.3 is 4.98 Å². The number of aromatic amines is 1. The van der Waals surface area contributed by atoms with Gasteiger partial charge in [0.05, 0.1) is 5.03 Å². The summed E-state index contributed by atoms with van der Waals surface area (Å²) in [5, 5.41) is 2.07. The average Bonchev–Trinajstić information content (AvgIpc) is 3.14. The molecular weight excluding hydrogens is 286 g/mol. The van der Waals surface area contributed by atoms with Gasteiger partial charge in [-0.05, 0) is 49.9 Å². The van der Waals surface area contributed by atoms with E-state index in [0.29, 0.717) is 5.41 Å². The molecule has 3 fully saturated rings. The average molecular weight is 307 g/mol. The Bertz CT molecular complexity index is 598.